The average Bonchev–Trinajstić information content (AvgIpc) is 2.68. The highest BCUT2D eigenvalue weighted by Crippen LogP contribution is 2.37. The van der Waals surface area contributed by atoms with Crippen molar-refractivity contribution in [1.29, 1.82) is 0 Å². The number of hydrogen-bond acceptors (Lipinski definition) is 2. The summed E-state index contributed by atoms with van der Waals surface area (Å²) in [6.45, 7) is 4.15. The highest BCUT2D eigenvalue weighted by Gasteiger charge is 2.24. The van der Waals surface area contributed by atoms with E-state index >= 15 is 0 Å². The zero-order valence-electron chi connectivity index (χ0n) is 15.7. The van der Waals surface area contributed by atoms with Crippen LogP contribution in [0.15, 0.2) is 30.3 Å². The molecule has 1 aliphatic rings. The number of halogens is 3. The molecule has 2 aromatic carbocycles. The van der Waals surface area contributed by atoms with Gasteiger partial charge in [-0.25, -0.2) is 8.78 Å². The number of hydrogen-bond donors (Lipinski definition) is 0. The molecule has 146 valence electrons. The molecule has 27 heavy (non-hydrogen) atoms. The Hall–Kier alpha value is -2.17. The lowest BCUT2D eigenvalue weighted by atomic mass is 9.79. The molecule has 3 rings (SSSR count). The highest BCUT2D eigenvalue weighted by atomic mass is 19.2. The van der Waals surface area contributed by atoms with Crippen molar-refractivity contribution in [3.8, 4) is 11.5 Å². The molecule has 2 aromatic rings. The van der Waals surface area contributed by atoms with E-state index in [4.69, 9.17) is 9.47 Å². The third kappa shape index (κ3) is 4.57. The summed E-state index contributed by atoms with van der Waals surface area (Å²) >= 11 is 0. The minimum Gasteiger partial charge on any atom is -0.491 e. The third-order valence-corrected chi connectivity index (χ3v) is 5.29. The Labute approximate surface area is 158 Å². The van der Waals surface area contributed by atoms with E-state index in [1.165, 1.54) is 19.1 Å². The first-order valence-electron chi connectivity index (χ1n) is 9.49. The van der Waals surface area contributed by atoms with Gasteiger partial charge in [0.05, 0.1) is 13.2 Å². The van der Waals surface area contributed by atoms with Crippen LogP contribution in [0.2, 0.25) is 0 Å². The van der Waals surface area contributed by atoms with Gasteiger partial charge in [-0.05, 0) is 80.7 Å². The second-order valence-corrected chi connectivity index (χ2v) is 7.16. The van der Waals surface area contributed by atoms with E-state index in [2.05, 4.69) is 0 Å². The molecule has 0 bridgehead atoms. The monoisotopic (exact) mass is 378 g/mol. The Morgan fingerprint density at radius 3 is 2.26 bits per heavy atom. The number of rotatable bonds is 6. The van der Waals surface area contributed by atoms with Crippen LogP contribution in [0.1, 0.15) is 49.7 Å². The van der Waals surface area contributed by atoms with Crippen molar-refractivity contribution in [1.82, 2.24) is 0 Å². The van der Waals surface area contributed by atoms with Crippen molar-refractivity contribution < 1.29 is 22.6 Å². The zero-order valence-corrected chi connectivity index (χ0v) is 15.7. The standard InChI is InChI=1S/C22H25F3O2/c1-3-26-19-11-9-17(12-18(19)23)16-7-5-15(6-8-16)13-27-20-10-4-14(2)21(24)22(20)25/h4,9-12,15-16H,3,5-8,13H2,1-2H3. The molecule has 1 fully saturated rings. The largest absolute Gasteiger partial charge is 0.491 e. The summed E-state index contributed by atoms with van der Waals surface area (Å²) in [4.78, 5) is 0. The van der Waals surface area contributed by atoms with Crippen LogP contribution in [-0.4, -0.2) is 13.2 Å². The summed E-state index contributed by atoms with van der Waals surface area (Å²) in [7, 11) is 0. The Morgan fingerprint density at radius 2 is 1.59 bits per heavy atom. The Balaban J connectivity index is 1.53. The van der Waals surface area contributed by atoms with Gasteiger partial charge in [0.2, 0.25) is 5.82 Å². The molecule has 0 aromatic heterocycles. The van der Waals surface area contributed by atoms with Crippen LogP contribution in [0.3, 0.4) is 0 Å². The van der Waals surface area contributed by atoms with Crippen LogP contribution in [-0.2, 0) is 0 Å². The van der Waals surface area contributed by atoms with E-state index in [1.54, 1.807) is 12.1 Å². The Morgan fingerprint density at radius 1 is 0.889 bits per heavy atom. The van der Waals surface area contributed by atoms with Gasteiger partial charge >= 0.3 is 0 Å². The van der Waals surface area contributed by atoms with Gasteiger partial charge in [0.25, 0.3) is 0 Å². The summed E-state index contributed by atoms with van der Waals surface area (Å²) in [6, 6.07) is 8.18. The van der Waals surface area contributed by atoms with Crippen LogP contribution in [0, 0.1) is 30.3 Å². The molecule has 0 amide bonds. The highest BCUT2D eigenvalue weighted by molar-refractivity contribution is 5.32. The van der Waals surface area contributed by atoms with Gasteiger partial charge in [0, 0.05) is 0 Å². The zero-order chi connectivity index (χ0) is 19.4. The molecule has 5 heteroatoms. The second-order valence-electron chi connectivity index (χ2n) is 7.16. The minimum absolute atomic E-state index is 0.0335. The summed E-state index contributed by atoms with van der Waals surface area (Å²) < 4.78 is 52.3. The SMILES string of the molecule is CCOc1ccc(C2CCC(COc3ccc(C)c(F)c3F)CC2)cc1F. The molecule has 0 aliphatic heterocycles. The molecule has 0 radical (unpaired) electrons. The van der Waals surface area contributed by atoms with E-state index in [9.17, 15) is 13.2 Å². The van der Waals surface area contributed by atoms with Gasteiger partial charge in [-0.15, -0.1) is 0 Å². The molecule has 1 saturated carbocycles. The van der Waals surface area contributed by atoms with Crippen molar-refractivity contribution in [2.45, 2.75) is 45.4 Å². The van der Waals surface area contributed by atoms with E-state index in [1.807, 2.05) is 13.0 Å². The predicted octanol–water partition coefficient (Wildman–Crippen LogP) is 6.16. The summed E-state index contributed by atoms with van der Waals surface area (Å²) in [5.74, 6) is -1.25. The van der Waals surface area contributed by atoms with Crippen LogP contribution in [0.4, 0.5) is 13.2 Å². The first-order valence-corrected chi connectivity index (χ1v) is 9.49. The smallest absolute Gasteiger partial charge is 0.200 e. The van der Waals surface area contributed by atoms with Gasteiger partial charge in [-0.3, -0.25) is 0 Å². The molecule has 2 nitrogen and oxygen atoms in total. The van der Waals surface area contributed by atoms with Gasteiger partial charge in [-0.1, -0.05) is 12.1 Å². The van der Waals surface area contributed by atoms with Crippen molar-refractivity contribution in [2.75, 3.05) is 13.2 Å². The first kappa shape index (κ1) is 19.6. The van der Waals surface area contributed by atoms with Crippen LogP contribution in [0.25, 0.3) is 0 Å². The fourth-order valence-electron chi connectivity index (χ4n) is 3.65. The number of ether oxygens (including phenoxy) is 2. The van der Waals surface area contributed by atoms with Gasteiger partial charge in [0.15, 0.2) is 23.1 Å². The fourth-order valence-corrected chi connectivity index (χ4v) is 3.65. The van der Waals surface area contributed by atoms with Crippen molar-refractivity contribution in [2.24, 2.45) is 5.92 Å². The molecule has 0 saturated heterocycles. The summed E-state index contributed by atoms with van der Waals surface area (Å²) in [5.41, 5.74) is 1.25. The van der Waals surface area contributed by atoms with Crippen molar-refractivity contribution >= 4 is 0 Å². The summed E-state index contributed by atoms with van der Waals surface area (Å²) in [5, 5.41) is 0. The molecule has 0 N–H and O–H groups in total. The lowest BCUT2D eigenvalue weighted by molar-refractivity contribution is 0.192. The molecule has 0 atom stereocenters. The maximum atomic E-state index is 14.1. The fraction of sp³-hybridized carbons (Fsp3) is 0.455. The lowest BCUT2D eigenvalue weighted by Crippen LogP contribution is -2.19. The Bertz CT molecular complexity index is 783. The van der Waals surface area contributed by atoms with Crippen molar-refractivity contribution in [3.05, 3.63) is 58.9 Å². The van der Waals surface area contributed by atoms with Gasteiger partial charge < -0.3 is 9.47 Å². The van der Waals surface area contributed by atoms with E-state index in [0.29, 0.717) is 19.1 Å². The lowest BCUT2D eigenvalue weighted by Gasteiger charge is -2.29. The van der Waals surface area contributed by atoms with E-state index < -0.39 is 11.6 Å². The number of aryl methyl sites for hydroxylation is 1. The molecular weight excluding hydrogens is 353 g/mol. The predicted molar refractivity (Wildman–Crippen MR) is 98.9 cm³/mol. The molecule has 0 heterocycles. The molecular formula is C22H25F3O2. The Kier molecular flexibility index (Phi) is 6.30. The van der Waals surface area contributed by atoms with Crippen LogP contribution < -0.4 is 9.47 Å². The molecule has 0 unspecified atom stereocenters. The molecule has 1 aliphatic carbocycles. The number of benzene rings is 2. The maximum absolute atomic E-state index is 14.1. The van der Waals surface area contributed by atoms with Gasteiger partial charge in [-0.2, -0.15) is 4.39 Å². The molecule has 0 spiro atoms. The second kappa shape index (κ2) is 8.68. The topological polar surface area (TPSA) is 18.5 Å². The normalized spacial score (nSPS) is 19.7. The van der Waals surface area contributed by atoms with E-state index in [-0.39, 0.29) is 28.8 Å². The summed E-state index contributed by atoms with van der Waals surface area (Å²) in [6.07, 6.45) is 3.67. The average molecular weight is 378 g/mol. The van der Waals surface area contributed by atoms with Gasteiger partial charge in [0.1, 0.15) is 0 Å². The third-order valence-electron chi connectivity index (χ3n) is 5.29. The quantitative estimate of drug-likeness (QED) is 0.599. The minimum atomic E-state index is -0.923. The van der Waals surface area contributed by atoms with Crippen LogP contribution >= 0.6 is 0 Å². The van der Waals surface area contributed by atoms with Crippen molar-refractivity contribution in [3.63, 3.8) is 0 Å². The maximum Gasteiger partial charge on any atom is 0.200 e. The first-order chi connectivity index (χ1) is 13.0. The van der Waals surface area contributed by atoms with E-state index in [0.717, 1.165) is 31.2 Å². The van der Waals surface area contributed by atoms with Crippen LogP contribution in [0.5, 0.6) is 11.5 Å².